The zero-order valence-electron chi connectivity index (χ0n) is 25.6. The number of carbonyl (C=O) groups excluding carboxylic acids is 2. The Bertz CT molecular complexity index is 1750. The average Bonchev–Trinajstić information content (AvgIpc) is 3.57. The molecule has 4 aromatic carbocycles. The molecule has 1 aliphatic rings. The molecule has 46 heavy (non-hydrogen) atoms. The molecule has 0 spiro atoms. The van der Waals surface area contributed by atoms with Gasteiger partial charge in [0.2, 0.25) is 11.8 Å². The normalized spacial score (nSPS) is 14.1. The van der Waals surface area contributed by atoms with Crippen LogP contribution in [0.2, 0.25) is 10.0 Å². The van der Waals surface area contributed by atoms with Crippen molar-refractivity contribution in [2.45, 2.75) is 62.6 Å². The SMILES string of the molecule is Cc1ccc(S(=O)(=O)N(CC(=O)N(Cc2ccc(Cl)c(Cl)c2)C(Cc2ccccc2)C(=O)NC2CCCC2)c2ccccc2)cc1. The molecule has 1 unspecified atom stereocenters. The van der Waals surface area contributed by atoms with E-state index in [1.165, 1.54) is 17.0 Å². The largest absolute Gasteiger partial charge is 0.352 e. The van der Waals surface area contributed by atoms with E-state index in [2.05, 4.69) is 5.32 Å². The first-order chi connectivity index (χ1) is 22.1. The van der Waals surface area contributed by atoms with Crippen molar-refractivity contribution in [2.24, 2.45) is 0 Å². The zero-order valence-corrected chi connectivity index (χ0v) is 27.9. The van der Waals surface area contributed by atoms with Gasteiger partial charge >= 0.3 is 0 Å². The number of nitrogens with zero attached hydrogens (tertiary/aromatic N) is 2. The number of aryl methyl sites for hydroxylation is 1. The monoisotopic (exact) mass is 677 g/mol. The van der Waals surface area contributed by atoms with Crippen LogP contribution >= 0.6 is 23.2 Å². The number of carbonyl (C=O) groups is 2. The van der Waals surface area contributed by atoms with Gasteiger partial charge in [0.1, 0.15) is 12.6 Å². The molecule has 1 atom stereocenters. The van der Waals surface area contributed by atoms with E-state index < -0.39 is 28.5 Å². The second-order valence-electron chi connectivity index (χ2n) is 11.6. The molecule has 7 nitrogen and oxygen atoms in total. The smallest absolute Gasteiger partial charge is 0.264 e. The van der Waals surface area contributed by atoms with E-state index >= 15 is 0 Å². The van der Waals surface area contributed by atoms with Gasteiger partial charge in [0.15, 0.2) is 0 Å². The molecular formula is C36H37Cl2N3O4S. The second kappa shape index (κ2) is 15.2. The summed E-state index contributed by atoms with van der Waals surface area (Å²) < 4.78 is 29.3. The van der Waals surface area contributed by atoms with Crippen LogP contribution in [0.25, 0.3) is 0 Å². The predicted octanol–water partition coefficient (Wildman–Crippen LogP) is 7.20. The Hall–Kier alpha value is -3.85. The molecule has 4 aromatic rings. The first-order valence-corrected chi connectivity index (χ1v) is 17.5. The van der Waals surface area contributed by atoms with Gasteiger partial charge in [-0.15, -0.1) is 0 Å². The first-order valence-electron chi connectivity index (χ1n) is 15.3. The molecule has 0 bridgehead atoms. The van der Waals surface area contributed by atoms with Gasteiger partial charge in [-0.2, -0.15) is 0 Å². The minimum absolute atomic E-state index is 0.0124. The van der Waals surface area contributed by atoms with Crippen LogP contribution in [-0.4, -0.2) is 43.8 Å². The summed E-state index contributed by atoms with van der Waals surface area (Å²) in [6, 6.07) is 28.7. The Kier molecular flexibility index (Phi) is 11.0. The molecule has 1 aliphatic carbocycles. The highest BCUT2D eigenvalue weighted by Gasteiger charge is 2.35. The van der Waals surface area contributed by atoms with E-state index in [0.29, 0.717) is 21.3 Å². The lowest BCUT2D eigenvalue weighted by Crippen LogP contribution is -2.54. The number of hydrogen-bond acceptors (Lipinski definition) is 4. The highest BCUT2D eigenvalue weighted by atomic mass is 35.5. The molecule has 0 aliphatic heterocycles. The lowest BCUT2D eigenvalue weighted by Gasteiger charge is -2.34. The molecule has 0 saturated heterocycles. The van der Waals surface area contributed by atoms with Crippen LogP contribution in [-0.2, 0) is 32.6 Å². The third kappa shape index (κ3) is 8.29. The fourth-order valence-corrected chi connectivity index (χ4v) is 7.45. The molecule has 1 saturated carbocycles. The van der Waals surface area contributed by atoms with Crippen molar-refractivity contribution in [1.29, 1.82) is 0 Å². The molecule has 0 heterocycles. The van der Waals surface area contributed by atoms with Gasteiger partial charge in [0.05, 0.1) is 20.6 Å². The Balaban J connectivity index is 1.56. The summed E-state index contributed by atoms with van der Waals surface area (Å²) >= 11 is 12.6. The molecular weight excluding hydrogens is 641 g/mol. The van der Waals surface area contributed by atoms with Gasteiger partial charge in [-0.05, 0) is 67.3 Å². The number of benzene rings is 4. The zero-order chi connectivity index (χ0) is 32.7. The predicted molar refractivity (Wildman–Crippen MR) is 183 cm³/mol. The Morgan fingerprint density at radius 2 is 1.46 bits per heavy atom. The summed E-state index contributed by atoms with van der Waals surface area (Å²) in [5.41, 5.74) is 2.77. The van der Waals surface area contributed by atoms with Crippen LogP contribution in [0.5, 0.6) is 0 Å². The minimum atomic E-state index is -4.16. The highest BCUT2D eigenvalue weighted by Crippen LogP contribution is 2.27. The molecule has 2 amide bonds. The third-order valence-corrected chi connectivity index (χ3v) is 10.8. The average molecular weight is 679 g/mol. The third-order valence-electron chi connectivity index (χ3n) is 8.24. The van der Waals surface area contributed by atoms with E-state index in [4.69, 9.17) is 23.2 Å². The topological polar surface area (TPSA) is 86.8 Å². The van der Waals surface area contributed by atoms with Gasteiger partial charge in [-0.25, -0.2) is 8.42 Å². The number of halogens is 2. The van der Waals surface area contributed by atoms with Crippen molar-refractivity contribution in [1.82, 2.24) is 10.2 Å². The number of amides is 2. The number of para-hydroxylation sites is 1. The fraction of sp³-hybridized carbons (Fsp3) is 0.278. The first kappa shape index (κ1) is 33.5. The Labute approximate surface area is 281 Å². The lowest BCUT2D eigenvalue weighted by molar-refractivity contribution is -0.140. The molecule has 0 aromatic heterocycles. The minimum Gasteiger partial charge on any atom is -0.352 e. The van der Waals surface area contributed by atoms with Crippen LogP contribution in [0, 0.1) is 6.92 Å². The maximum Gasteiger partial charge on any atom is 0.264 e. The Morgan fingerprint density at radius 3 is 2.09 bits per heavy atom. The molecule has 1 fully saturated rings. The summed E-state index contributed by atoms with van der Waals surface area (Å²) in [6.07, 6.45) is 4.05. The van der Waals surface area contributed by atoms with Crippen LogP contribution < -0.4 is 9.62 Å². The molecule has 1 N–H and O–H groups in total. The van der Waals surface area contributed by atoms with Gasteiger partial charge in [0.25, 0.3) is 10.0 Å². The summed E-state index contributed by atoms with van der Waals surface area (Å²) in [5, 5.41) is 3.85. The standard InChI is InChI=1S/C36H37Cl2N3O4S/c1-26-16-19-31(20-17-26)46(44,45)41(30-14-6-3-7-15-30)25-35(42)40(24-28-18-21-32(37)33(38)22-28)34(23-27-10-4-2-5-11-27)36(43)39-29-12-8-9-13-29/h2-7,10-11,14-22,29,34H,8-9,12-13,23-25H2,1H3,(H,39,43). The molecule has 240 valence electrons. The van der Waals surface area contributed by atoms with Gasteiger partial charge < -0.3 is 10.2 Å². The van der Waals surface area contributed by atoms with Crippen LogP contribution in [0.15, 0.2) is 108 Å². The number of anilines is 1. The maximum atomic E-state index is 14.6. The van der Waals surface area contributed by atoms with Gasteiger partial charge in [0, 0.05) is 19.0 Å². The summed E-state index contributed by atoms with van der Waals surface area (Å²) in [4.78, 5) is 30.2. The van der Waals surface area contributed by atoms with Crippen LogP contribution in [0.1, 0.15) is 42.4 Å². The van der Waals surface area contributed by atoms with E-state index in [9.17, 15) is 18.0 Å². The Morgan fingerprint density at radius 1 is 0.826 bits per heavy atom. The fourth-order valence-electron chi connectivity index (χ4n) is 5.72. The maximum absolute atomic E-state index is 14.6. The second-order valence-corrected chi connectivity index (χ2v) is 14.3. The van der Waals surface area contributed by atoms with Crippen molar-refractivity contribution >= 4 is 50.7 Å². The quantitative estimate of drug-likeness (QED) is 0.172. The number of hydrogen-bond donors (Lipinski definition) is 1. The molecule has 0 radical (unpaired) electrons. The van der Waals surface area contributed by atoms with Crippen LogP contribution in [0.4, 0.5) is 5.69 Å². The number of sulfonamides is 1. The summed E-state index contributed by atoms with van der Waals surface area (Å²) in [6.45, 7) is 1.36. The highest BCUT2D eigenvalue weighted by molar-refractivity contribution is 7.92. The van der Waals surface area contributed by atoms with Gasteiger partial charge in [-0.3, -0.25) is 13.9 Å². The lowest BCUT2D eigenvalue weighted by atomic mass is 10.0. The summed E-state index contributed by atoms with van der Waals surface area (Å²) in [5.74, 6) is -0.815. The van der Waals surface area contributed by atoms with Crippen molar-refractivity contribution in [3.8, 4) is 0 Å². The van der Waals surface area contributed by atoms with E-state index in [1.807, 2.05) is 37.3 Å². The number of rotatable bonds is 12. The van der Waals surface area contributed by atoms with Crippen LogP contribution in [0.3, 0.4) is 0 Å². The summed E-state index contributed by atoms with van der Waals surface area (Å²) in [7, 11) is -4.16. The van der Waals surface area contributed by atoms with Crippen molar-refractivity contribution in [3.63, 3.8) is 0 Å². The molecule has 10 heteroatoms. The molecule has 5 rings (SSSR count). The van der Waals surface area contributed by atoms with Gasteiger partial charge in [-0.1, -0.05) is 108 Å². The van der Waals surface area contributed by atoms with E-state index in [1.54, 1.807) is 60.7 Å². The van der Waals surface area contributed by atoms with E-state index in [-0.39, 0.29) is 29.8 Å². The van der Waals surface area contributed by atoms with Crippen molar-refractivity contribution < 1.29 is 18.0 Å². The van der Waals surface area contributed by atoms with Crippen molar-refractivity contribution in [2.75, 3.05) is 10.8 Å². The van der Waals surface area contributed by atoms with E-state index in [0.717, 1.165) is 41.1 Å². The van der Waals surface area contributed by atoms with Crippen molar-refractivity contribution in [3.05, 3.63) is 130 Å². The number of nitrogens with one attached hydrogen (secondary N) is 1.